The summed E-state index contributed by atoms with van der Waals surface area (Å²) in [4.78, 5) is 23.5. The topological polar surface area (TPSA) is 64.6 Å². The Balaban J connectivity index is 2.16. The standard InChI is InChI=1S/C13H15NO4/c1-17-10-6-3-8(7-11(10)18-2)12(15)13(16)14-9-4-5-9/h3,6-7,9H,4-5H2,1-2H3,(H,14,16). The summed E-state index contributed by atoms with van der Waals surface area (Å²) in [7, 11) is 3.00. The lowest BCUT2D eigenvalue weighted by Gasteiger charge is -2.09. The third kappa shape index (κ3) is 2.61. The van der Waals surface area contributed by atoms with Crippen LogP contribution in [-0.4, -0.2) is 32.0 Å². The van der Waals surface area contributed by atoms with Crippen LogP contribution in [0.15, 0.2) is 18.2 Å². The number of methoxy groups -OCH3 is 2. The highest BCUT2D eigenvalue weighted by molar-refractivity contribution is 6.43. The maximum absolute atomic E-state index is 11.9. The van der Waals surface area contributed by atoms with Crippen LogP contribution in [0.4, 0.5) is 0 Å². The molecule has 0 heterocycles. The largest absolute Gasteiger partial charge is 0.493 e. The summed E-state index contributed by atoms with van der Waals surface area (Å²) < 4.78 is 10.2. The van der Waals surface area contributed by atoms with Crippen molar-refractivity contribution in [1.82, 2.24) is 5.32 Å². The van der Waals surface area contributed by atoms with Gasteiger partial charge in [0.15, 0.2) is 11.5 Å². The van der Waals surface area contributed by atoms with Crippen LogP contribution in [0.25, 0.3) is 0 Å². The summed E-state index contributed by atoms with van der Waals surface area (Å²) in [6.45, 7) is 0. The van der Waals surface area contributed by atoms with Crippen molar-refractivity contribution in [2.75, 3.05) is 14.2 Å². The molecular weight excluding hydrogens is 234 g/mol. The first-order valence-electron chi connectivity index (χ1n) is 5.73. The van der Waals surface area contributed by atoms with Gasteiger partial charge in [0.2, 0.25) is 5.78 Å². The second-order valence-corrected chi connectivity index (χ2v) is 4.15. The minimum absolute atomic E-state index is 0.168. The zero-order chi connectivity index (χ0) is 13.1. The van der Waals surface area contributed by atoms with Gasteiger partial charge in [-0.2, -0.15) is 0 Å². The molecule has 1 aliphatic rings. The van der Waals surface area contributed by atoms with Crippen molar-refractivity contribution in [3.05, 3.63) is 23.8 Å². The van der Waals surface area contributed by atoms with Gasteiger partial charge in [-0.25, -0.2) is 0 Å². The van der Waals surface area contributed by atoms with Crippen LogP contribution in [-0.2, 0) is 4.79 Å². The first kappa shape index (κ1) is 12.4. The van der Waals surface area contributed by atoms with Crippen LogP contribution in [0.3, 0.4) is 0 Å². The average molecular weight is 249 g/mol. The van der Waals surface area contributed by atoms with Crippen LogP contribution in [0.2, 0.25) is 0 Å². The molecule has 1 fully saturated rings. The molecule has 1 saturated carbocycles. The molecule has 1 N–H and O–H groups in total. The van der Waals surface area contributed by atoms with E-state index in [-0.39, 0.29) is 6.04 Å². The van der Waals surface area contributed by atoms with Crippen molar-refractivity contribution in [2.24, 2.45) is 0 Å². The molecule has 0 aliphatic heterocycles. The molecule has 0 aromatic heterocycles. The summed E-state index contributed by atoms with van der Waals surface area (Å²) >= 11 is 0. The van der Waals surface area contributed by atoms with Crippen molar-refractivity contribution in [3.63, 3.8) is 0 Å². The average Bonchev–Trinajstić information content (AvgIpc) is 3.20. The maximum Gasteiger partial charge on any atom is 0.292 e. The van der Waals surface area contributed by atoms with Gasteiger partial charge in [-0.3, -0.25) is 9.59 Å². The van der Waals surface area contributed by atoms with Crippen LogP contribution < -0.4 is 14.8 Å². The summed E-state index contributed by atoms with van der Waals surface area (Å²) in [5.41, 5.74) is 0.297. The van der Waals surface area contributed by atoms with Crippen LogP contribution >= 0.6 is 0 Å². The number of Topliss-reactive ketones (excluding diaryl/α,β-unsaturated/α-hetero) is 1. The van der Waals surface area contributed by atoms with Gasteiger partial charge in [0.1, 0.15) is 0 Å². The van der Waals surface area contributed by atoms with Gasteiger partial charge in [-0.15, -0.1) is 0 Å². The van der Waals surface area contributed by atoms with Gasteiger partial charge in [0.05, 0.1) is 14.2 Å². The summed E-state index contributed by atoms with van der Waals surface area (Å²) in [6, 6.07) is 4.84. The number of carbonyl (C=O) groups excluding carboxylic acids is 2. The highest BCUT2D eigenvalue weighted by Gasteiger charge is 2.27. The van der Waals surface area contributed by atoms with Gasteiger partial charge in [0, 0.05) is 11.6 Å². The van der Waals surface area contributed by atoms with E-state index in [1.165, 1.54) is 20.3 Å². The predicted octanol–water partition coefficient (Wildman–Crippen LogP) is 1.17. The second kappa shape index (κ2) is 5.08. The molecule has 5 heteroatoms. The quantitative estimate of drug-likeness (QED) is 0.628. The number of ketones is 1. The summed E-state index contributed by atoms with van der Waals surface area (Å²) in [5, 5.41) is 2.66. The summed E-state index contributed by atoms with van der Waals surface area (Å²) in [6.07, 6.45) is 1.90. The molecule has 0 bridgehead atoms. The number of hydrogen-bond donors (Lipinski definition) is 1. The highest BCUT2D eigenvalue weighted by atomic mass is 16.5. The van der Waals surface area contributed by atoms with E-state index in [9.17, 15) is 9.59 Å². The first-order valence-corrected chi connectivity index (χ1v) is 5.73. The van der Waals surface area contributed by atoms with Crippen molar-refractivity contribution < 1.29 is 19.1 Å². The lowest BCUT2D eigenvalue weighted by Crippen LogP contribution is -2.32. The Morgan fingerprint density at radius 2 is 1.83 bits per heavy atom. The Labute approximate surface area is 105 Å². The molecule has 0 atom stereocenters. The minimum Gasteiger partial charge on any atom is -0.493 e. The molecule has 1 aromatic rings. The molecule has 0 spiro atoms. The van der Waals surface area contributed by atoms with Gasteiger partial charge in [0.25, 0.3) is 5.91 Å². The van der Waals surface area contributed by atoms with Crippen molar-refractivity contribution in [1.29, 1.82) is 0 Å². The molecule has 2 rings (SSSR count). The number of benzene rings is 1. The Kier molecular flexibility index (Phi) is 3.50. The molecule has 0 unspecified atom stereocenters. The fourth-order valence-corrected chi connectivity index (χ4v) is 1.59. The lowest BCUT2D eigenvalue weighted by atomic mass is 10.1. The van der Waals surface area contributed by atoms with E-state index in [2.05, 4.69) is 5.32 Å². The van der Waals surface area contributed by atoms with E-state index in [4.69, 9.17) is 9.47 Å². The van der Waals surface area contributed by atoms with E-state index in [0.29, 0.717) is 17.1 Å². The zero-order valence-corrected chi connectivity index (χ0v) is 10.4. The smallest absolute Gasteiger partial charge is 0.292 e. The van der Waals surface area contributed by atoms with Crippen molar-refractivity contribution in [2.45, 2.75) is 18.9 Å². The Morgan fingerprint density at radius 1 is 1.17 bits per heavy atom. The number of hydrogen-bond acceptors (Lipinski definition) is 4. The van der Waals surface area contributed by atoms with E-state index in [1.807, 2.05) is 0 Å². The monoisotopic (exact) mass is 249 g/mol. The van der Waals surface area contributed by atoms with Crippen molar-refractivity contribution in [3.8, 4) is 11.5 Å². The van der Waals surface area contributed by atoms with E-state index < -0.39 is 11.7 Å². The Hall–Kier alpha value is -2.04. The molecule has 1 aliphatic carbocycles. The Morgan fingerprint density at radius 3 is 2.39 bits per heavy atom. The molecule has 1 aromatic carbocycles. The van der Waals surface area contributed by atoms with E-state index in [1.54, 1.807) is 12.1 Å². The number of rotatable bonds is 5. The molecule has 1 amide bonds. The number of nitrogens with one attached hydrogen (secondary N) is 1. The van der Waals surface area contributed by atoms with Crippen LogP contribution in [0.1, 0.15) is 23.2 Å². The minimum atomic E-state index is -0.565. The van der Waals surface area contributed by atoms with Gasteiger partial charge >= 0.3 is 0 Å². The lowest BCUT2D eigenvalue weighted by molar-refractivity contribution is -0.117. The molecule has 96 valence electrons. The molecule has 0 radical (unpaired) electrons. The fraction of sp³-hybridized carbons (Fsp3) is 0.385. The molecular formula is C13H15NO4. The Bertz CT molecular complexity index is 480. The van der Waals surface area contributed by atoms with Crippen LogP contribution in [0.5, 0.6) is 11.5 Å². The van der Waals surface area contributed by atoms with Crippen molar-refractivity contribution >= 4 is 11.7 Å². The summed E-state index contributed by atoms with van der Waals surface area (Å²) in [5.74, 6) is -0.160. The van der Waals surface area contributed by atoms with Gasteiger partial charge in [-0.05, 0) is 31.0 Å². The van der Waals surface area contributed by atoms with E-state index >= 15 is 0 Å². The molecule has 18 heavy (non-hydrogen) atoms. The molecule has 5 nitrogen and oxygen atoms in total. The number of amides is 1. The van der Waals surface area contributed by atoms with Crippen LogP contribution in [0, 0.1) is 0 Å². The predicted molar refractivity (Wildman–Crippen MR) is 65.0 cm³/mol. The fourth-order valence-electron chi connectivity index (χ4n) is 1.59. The second-order valence-electron chi connectivity index (χ2n) is 4.15. The number of ether oxygens (including phenoxy) is 2. The maximum atomic E-state index is 11.9. The third-order valence-electron chi connectivity index (χ3n) is 2.76. The van der Waals surface area contributed by atoms with E-state index in [0.717, 1.165) is 12.8 Å². The highest BCUT2D eigenvalue weighted by Crippen LogP contribution is 2.27. The third-order valence-corrected chi connectivity index (χ3v) is 2.76. The SMILES string of the molecule is COc1ccc(C(=O)C(=O)NC2CC2)cc1OC. The molecule has 0 saturated heterocycles. The number of carbonyl (C=O) groups is 2. The van der Waals surface area contributed by atoms with Gasteiger partial charge < -0.3 is 14.8 Å². The zero-order valence-electron chi connectivity index (χ0n) is 10.4. The normalized spacial score (nSPS) is 13.9. The first-order chi connectivity index (χ1) is 8.65. The van der Waals surface area contributed by atoms with Gasteiger partial charge in [-0.1, -0.05) is 0 Å².